The quantitative estimate of drug-likeness (QED) is 0.677. The van der Waals surface area contributed by atoms with Gasteiger partial charge in [0.2, 0.25) is 0 Å². The maximum Gasteiger partial charge on any atom is 0.255 e. The summed E-state index contributed by atoms with van der Waals surface area (Å²) in [6.07, 6.45) is 0. The number of aryl methyl sites for hydroxylation is 1. The summed E-state index contributed by atoms with van der Waals surface area (Å²) in [6.45, 7) is 3.65. The van der Waals surface area contributed by atoms with Gasteiger partial charge in [0.15, 0.2) is 9.84 Å². The zero-order valence-electron chi connectivity index (χ0n) is 15.5. The van der Waals surface area contributed by atoms with Crippen molar-refractivity contribution < 1.29 is 13.2 Å². The number of carbonyl (C=O) groups excluding carboxylic acids is 1. The van der Waals surface area contributed by atoms with Gasteiger partial charge in [-0.2, -0.15) is 0 Å². The molecule has 0 aliphatic carbocycles. The van der Waals surface area contributed by atoms with E-state index in [1.165, 1.54) is 17.0 Å². The zero-order chi connectivity index (χ0) is 19.6. The van der Waals surface area contributed by atoms with E-state index in [0.717, 1.165) is 16.6 Å². The number of amides is 1. The van der Waals surface area contributed by atoms with Crippen molar-refractivity contribution in [2.75, 3.05) is 12.8 Å². The highest BCUT2D eigenvalue weighted by atomic mass is 32.2. The molecule has 6 nitrogen and oxygen atoms in total. The SMILES string of the molecule is CCS(=O)(=O)c1ccccc1C(=O)N(C)Cc1nc(C)c2ccccc2n1. The molecule has 1 amide bonds. The van der Waals surface area contributed by atoms with Crippen molar-refractivity contribution in [2.45, 2.75) is 25.3 Å². The number of benzene rings is 2. The first-order valence-electron chi connectivity index (χ1n) is 8.63. The molecule has 0 unspecified atom stereocenters. The normalized spacial score (nSPS) is 11.5. The first-order valence-corrected chi connectivity index (χ1v) is 10.3. The van der Waals surface area contributed by atoms with E-state index in [-0.39, 0.29) is 28.7 Å². The second-order valence-corrected chi connectivity index (χ2v) is 8.55. The number of carbonyl (C=O) groups is 1. The average molecular weight is 383 g/mol. The zero-order valence-corrected chi connectivity index (χ0v) is 16.3. The summed E-state index contributed by atoms with van der Waals surface area (Å²) in [4.78, 5) is 23.4. The third-order valence-electron chi connectivity index (χ3n) is 4.40. The van der Waals surface area contributed by atoms with E-state index in [0.29, 0.717) is 5.82 Å². The Hall–Kier alpha value is -2.80. The lowest BCUT2D eigenvalue weighted by molar-refractivity contribution is 0.0777. The Morgan fingerprint density at radius 1 is 1.04 bits per heavy atom. The number of nitrogens with zero attached hydrogens (tertiary/aromatic N) is 3. The first kappa shape index (κ1) is 19.0. The molecule has 3 rings (SSSR count). The molecule has 0 atom stereocenters. The van der Waals surface area contributed by atoms with Crippen LogP contribution in [-0.2, 0) is 16.4 Å². The van der Waals surface area contributed by atoms with E-state index in [1.54, 1.807) is 26.1 Å². The van der Waals surface area contributed by atoms with Gasteiger partial charge in [0.25, 0.3) is 5.91 Å². The lowest BCUT2D eigenvalue weighted by atomic mass is 10.2. The summed E-state index contributed by atoms with van der Waals surface area (Å²) < 4.78 is 24.6. The average Bonchev–Trinajstić information content (AvgIpc) is 2.67. The Balaban J connectivity index is 1.92. The molecular weight excluding hydrogens is 362 g/mol. The molecule has 1 heterocycles. The Morgan fingerprint density at radius 3 is 2.44 bits per heavy atom. The van der Waals surface area contributed by atoms with Gasteiger partial charge < -0.3 is 4.90 Å². The molecule has 0 aliphatic heterocycles. The Bertz CT molecular complexity index is 1110. The molecule has 7 heteroatoms. The Morgan fingerprint density at radius 2 is 1.70 bits per heavy atom. The molecule has 0 spiro atoms. The third kappa shape index (κ3) is 3.83. The first-order chi connectivity index (χ1) is 12.8. The van der Waals surface area contributed by atoms with Gasteiger partial charge in [-0.3, -0.25) is 4.79 Å². The number of hydrogen-bond donors (Lipinski definition) is 0. The molecule has 0 saturated heterocycles. The number of para-hydroxylation sites is 1. The second kappa shape index (κ2) is 7.44. The summed E-state index contributed by atoms with van der Waals surface area (Å²) in [5.41, 5.74) is 1.82. The smallest absolute Gasteiger partial charge is 0.255 e. The predicted molar refractivity (Wildman–Crippen MR) is 104 cm³/mol. The Labute approximate surface area is 158 Å². The van der Waals surface area contributed by atoms with E-state index in [1.807, 2.05) is 31.2 Å². The number of rotatable bonds is 5. The molecule has 0 radical (unpaired) electrons. The summed E-state index contributed by atoms with van der Waals surface area (Å²) in [5, 5.41) is 0.967. The standard InChI is InChI=1S/C20H21N3O3S/c1-4-27(25,26)18-12-8-6-10-16(18)20(24)23(3)13-19-21-14(2)15-9-5-7-11-17(15)22-19/h5-12H,4,13H2,1-3H3. The van der Waals surface area contributed by atoms with E-state index in [2.05, 4.69) is 9.97 Å². The second-order valence-electron chi connectivity index (χ2n) is 6.30. The Kier molecular flexibility index (Phi) is 5.23. The summed E-state index contributed by atoms with van der Waals surface area (Å²) in [7, 11) is -1.88. The van der Waals surface area contributed by atoms with Gasteiger partial charge in [0, 0.05) is 18.1 Å². The molecule has 0 aliphatic rings. The monoisotopic (exact) mass is 383 g/mol. The van der Waals surface area contributed by atoms with Crippen LogP contribution in [0.4, 0.5) is 0 Å². The maximum atomic E-state index is 12.9. The van der Waals surface area contributed by atoms with Crippen molar-refractivity contribution >= 4 is 26.6 Å². The van der Waals surface area contributed by atoms with Crippen LogP contribution < -0.4 is 0 Å². The molecular formula is C20H21N3O3S. The maximum absolute atomic E-state index is 12.9. The highest BCUT2D eigenvalue weighted by Crippen LogP contribution is 2.20. The van der Waals surface area contributed by atoms with E-state index in [9.17, 15) is 13.2 Å². The summed E-state index contributed by atoms with van der Waals surface area (Å²) >= 11 is 0. The minimum atomic E-state index is -3.49. The third-order valence-corrected chi connectivity index (χ3v) is 6.18. The molecule has 1 aromatic heterocycles. The highest BCUT2D eigenvalue weighted by Gasteiger charge is 2.23. The fourth-order valence-corrected chi connectivity index (χ4v) is 4.01. The van der Waals surface area contributed by atoms with Gasteiger partial charge in [-0.1, -0.05) is 37.3 Å². The van der Waals surface area contributed by atoms with E-state index in [4.69, 9.17) is 0 Å². The van der Waals surface area contributed by atoms with E-state index < -0.39 is 9.84 Å². The fraction of sp³-hybridized carbons (Fsp3) is 0.250. The van der Waals surface area contributed by atoms with Crippen molar-refractivity contribution in [2.24, 2.45) is 0 Å². The molecule has 0 bridgehead atoms. The lowest BCUT2D eigenvalue weighted by Crippen LogP contribution is -2.28. The number of aromatic nitrogens is 2. The molecule has 0 N–H and O–H groups in total. The molecule has 0 saturated carbocycles. The van der Waals surface area contributed by atoms with Crippen molar-refractivity contribution in [3.8, 4) is 0 Å². The van der Waals surface area contributed by atoms with Crippen LogP contribution in [0.3, 0.4) is 0 Å². The highest BCUT2D eigenvalue weighted by molar-refractivity contribution is 7.91. The summed E-state index contributed by atoms with van der Waals surface area (Å²) in [5.74, 6) is 0.0727. The number of sulfone groups is 1. The van der Waals surface area contributed by atoms with Gasteiger partial charge in [0.1, 0.15) is 5.82 Å². The molecule has 0 fully saturated rings. The van der Waals surface area contributed by atoms with Crippen molar-refractivity contribution in [1.82, 2.24) is 14.9 Å². The van der Waals surface area contributed by atoms with Gasteiger partial charge >= 0.3 is 0 Å². The van der Waals surface area contributed by atoms with Crippen LogP contribution in [0.25, 0.3) is 10.9 Å². The van der Waals surface area contributed by atoms with Crippen LogP contribution in [0.5, 0.6) is 0 Å². The number of fused-ring (bicyclic) bond motifs is 1. The molecule has 3 aromatic rings. The molecule has 140 valence electrons. The summed E-state index contributed by atoms with van der Waals surface area (Å²) in [6, 6.07) is 14.0. The van der Waals surface area contributed by atoms with Gasteiger partial charge in [-0.15, -0.1) is 0 Å². The fourth-order valence-electron chi connectivity index (χ4n) is 2.93. The van der Waals surface area contributed by atoms with Crippen LogP contribution in [-0.4, -0.2) is 42.0 Å². The van der Waals surface area contributed by atoms with Crippen molar-refractivity contribution in [1.29, 1.82) is 0 Å². The number of hydrogen-bond acceptors (Lipinski definition) is 5. The van der Waals surface area contributed by atoms with Crippen LogP contribution >= 0.6 is 0 Å². The van der Waals surface area contributed by atoms with Gasteiger partial charge in [0.05, 0.1) is 28.3 Å². The van der Waals surface area contributed by atoms with E-state index >= 15 is 0 Å². The van der Waals surface area contributed by atoms with Gasteiger partial charge in [-0.05, 0) is 25.1 Å². The lowest BCUT2D eigenvalue weighted by Gasteiger charge is -2.18. The van der Waals surface area contributed by atoms with Crippen LogP contribution in [0.15, 0.2) is 53.4 Å². The largest absolute Gasteiger partial charge is 0.334 e. The van der Waals surface area contributed by atoms with Crippen LogP contribution in [0.2, 0.25) is 0 Å². The molecule has 27 heavy (non-hydrogen) atoms. The van der Waals surface area contributed by atoms with Crippen molar-refractivity contribution in [3.63, 3.8) is 0 Å². The topological polar surface area (TPSA) is 80.2 Å². The van der Waals surface area contributed by atoms with Gasteiger partial charge in [-0.25, -0.2) is 18.4 Å². The minimum Gasteiger partial charge on any atom is -0.334 e. The van der Waals surface area contributed by atoms with Crippen LogP contribution in [0, 0.1) is 6.92 Å². The van der Waals surface area contributed by atoms with Crippen LogP contribution in [0.1, 0.15) is 28.8 Å². The van der Waals surface area contributed by atoms with Crippen molar-refractivity contribution in [3.05, 3.63) is 65.6 Å². The predicted octanol–water partition coefficient (Wildman–Crippen LogP) is 3.00. The minimum absolute atomic E-state index is 0.0555. The molecule has 2 aromatic carbocycles.